The molecule has 1 fully saturated rings. The van der Waals surface area contributed by atoms with Gasteiger partial charge >= 0.3 is 0 Å². The molecule has 2 aliphatic rings. The van der Waals surface area contributed by atoms with Crippen LogP contribution < -0.4 is 0 Å². The van der Waals surface area contributed by atoms with Gasteiger partial charge in [-0.2, -0.15) is 0 Å². The van der Waals surface area contributed by atoms with Crippen LogP contribution in [0.15, 0.2) is 46.9 Å². The third-order valence-electron chi connectivity index (χ3n) is 4.18. The minimum Gasteiger partial charge on any atom is -0.451 e. The van der Waals surface area contributed by atoms with E-state index in [0.29, 0.717) is 11.8 Å². The molecule has 2 aromatic rings. The van der Waals surface area contributed by atoms with Gasteiger partial charge in [-0.25, -0.2) is 0 Å². The number of rotatable bonds is 1. The standard InChI is InChI=1S/C16H15NO2/c18-16(17-12-5-3-6-13(17)9-8-12)15-10-11-4-1-2-7-14(11)19-15/h1-5,7,10,12-13H,6,8-9H2. The first-order chi connectivity index (χ1) is 9.33. The van der Waals surface area contributed by atoms with Gasteiger partial charge in [0.05, 0.1) is 6.04 Å². The van der Waals surface area contributed by atoms with E-state index in [1.54, 1.807) is 0 Å². The van der Waals surface area contributed by atoms with E-state index in [2.05, 4.69) is 12.2 Å². The summed E-state index contributed by atoms with van der Waals surface area (Å²) >= 11 is 0. The molecule has 3 heteroatoms. The van der Waals surface area contributed by atoms with Gasteiger partial charge < -0.3 is 9.32 Å². The highest BCUT2D eigenvalue weighted by atomic mass is 16.3. The quantitative estimate of drug-likeness (QED) is 0.730. The molecule has 4 rings (SSSR count). The number of nitrogens with zero attached hydrogens (tertiary/aromatic N) is 1. The Morgan fingerprint density at radius 1 is 1.26 bits per heavy atom. The first-order valence-electron chi connectivity index (χ1n) is 6.81. The van der Waals surface area contributed by atoms with E-state index in [4.69, 9.17) is 4.42 Å². The Morgan fingerprint density at radius 3 is 3.00 bits per heavy atom. The zero-order valence-corrected chi connectivity index (χ0v) is 10.6. The zero-order chi connectivity index (χ0) is 12.8. The number of fused-ring (bicyclic) bond motifs is 3. The van der Waals surface area contributed by atoms with E-state index in [1.165, 1.54) is 0 Å². The molecule has 1 amide bonds. The molecular formula is C16H15NO2. The van der Waals surface area contributed by atoms with Crippen molar-refractivity contribution in [1.29, 1.82) is 0 Å². The smallest absolute Gasteiger partial charge is 0.290 e. The topological polar surface area (TPSA) is 33.5 Å². The predicted octanol–water partition coefficient (Wildman–Crippen LogP) is 3.37. The highest BCUT2D eigenvalue weighted by Crippen LogP contribution is 2.33. The third kappa shape index (κ3) is 1.61. The Labute approximate surface area is 111 Å². The van der Waals surface area contributed by atoms with Gasteiger partial charge in [0, 0.05) is 11.4 Å². The lowest BCUT2D eigenvalue weighted by atomic mass is 10.1. The maximum atomic E-state index is 12.6. The van der Waals surface area contributed by atoms with Gasteiger partial charge in [0.15, 0.2) is 5.76 Å². The Balaban J connectivity index is 1.72. The van der Waals surface area contributed by atoms with Crippen molar-refractivity contribution < 1.29 is 9.21 Å². The first kappa shape index (κ1) is 10.9. The normalized spacial score (nSPS) is 25.2. The molecule has 1 saturated heterocycles. The van der Waals surface area contributed by atoms with Crippen molar-refractivity contribution >= 4 is 16.9 Å². The molecular weight excluding hydrogens is 238 g/mol. The van der Waals surface area contributed by atoms with E-state index in [9.17, 15) is 4.79 Å². The highest BCUT2D eigenvalue weighted by Gasteiger charge is 2.38. The number of furan rings is 1. The van der Waals surface area contributed by atoms with E-state index >= 15 is 0 Å². The second-order valence-corrected chi connectivity index (χ2v) is 5.32. The van der Waals surface area contributed by atoms with Crippen molar-refractivity contribution in [1.82, 2.24) is 4.90 Å². The number of hydrogen-bond donors (Lipinski definition) is 0. The number of carbonyl (C=O) groups excluding carboxylic acids is 1. The van der Waals surface area contributed by atoms with Crippen LogP contribution in [0.4, 0.5) is 0 Å². The van der Waals surface area contributed by atoms with E-state index in [-0.39, 0.29) is 11.9 Å². The van der Waals surface area contributed by atoms with Crippen LogP contribution in [0.3, 0.4) is 0 Å². The molecule has 1 aromatic carbocycles. The average Bonchev–Trinajstić information content (AvgIpc) is 2.97. The summed E-state index contributed by atoms with van der Waals surface area (Å²) in [5.41, 5.74) is 0.783. The molecule has 2 atom stereocenters. The summed E-state index contributed by atoms with van der Waals surface area (Å²) in [5, 5.41) is 0.991. The van der Waals surface area contributed by atoms with Gasteiger partial charge in [0.1, 0.15) is 5.58 Å². The zero-order valence-electron chi connectivity index (χ0n) is 10.6. The Hall–Kier alpha value is -2.03. The maximum absolute atomic E-state index is 12.6. The molecule has 0 saturated carbocycles. The minimum absolute atomic E-state index is 0.0352. The maximum Gasteiger partial charge on any atom is 0.290 e. The van der Waals surface area contributed by atoms with Crippen molar-refractivity contribution in [3.05, 3.63) is 48.2 Å². The van der Waals surface area contributed by atoms with Crippen molar-refractivity contribution in [3.63, 3.8) is 0 Å². The molecule has 3 nitrogen and oxygen atoms in total. The van der Waals surface area contributed by atoms with Crippen molar-refractivity contribution in [3.8, 4) is 0 Å². The van der Waals surface area contributed by atoms with E-state index in [1.807, 2.05) is 35.2 Å². The SMILES string of the molecule is O=C(c1cc2ccccc2o1)N1C2C=CCC1CC2. The molecule has 0 N–H and O–H groups in total. The van der Waals surface area contributed by atoms with Crippen molar-refractivity contribution in [2.75, 3.05) is 0 Å². The molecule has 2 bridgehead atoms. The van der Waals surface area contributed by atoms with Crippen LogP contribution in [-0.4, -0.2) is 22.9 Å². The molecule has 19 heavy (non-hydrogen) atoms. The fraction of sp³-hybridized carbons (Fsp3) is 0.312. The molecule has 1 aromatic heterocycles. The Morgan fingerprint density at radius 2 is 2.16 bits per heavy atom. The van der Waals surface area contributed by atoms with E-state index in [0.717, 1.165) is 30.2 Å². The average molecular weight is 253 g/mol. The lowest BCUT2D eigenvalue weighted by Gasteiger charge is -2.30. The Bertz CT molecular complexity index is 637. The first-order valence-corrected chi connectivity index (χ1v) is 6.81. The van der Waals surface area contributed by atoms with Gasteiger partial charge in [-0.15, -0.1) is 0 Å². The lowest BCUT2D eigenvalue weighted by Crippen LogP contribution is -2.41. The molecule has 0 aliphatic carbocycles. The number of carbonyl (C=O) groups is 1. The Kier molecular flexibility index (Phi) is 2.28. The van der Waals surface area contributed by atoms with Gasteiger partial charge in [-0.3, -0.25) is 4.79 Å². The van der Waals surface area contributed by atoms with Gasteiger partial charge in [0.2, 0.25) is 0 Å². The molecule has 3 heterocycles. The lowest BCUT2D eigenvalue weighted by molar-refractivity contribution is 0.0658. The fourth-order valence-electron chi connectivity index (χ4n) is 3.26. The van der Waals surface area contributed by atoms with Crippen LogP contribution in [0, 0.1) is 0 Å². The van der Waals surface area contributed by atoms with Crippen LogP contribution in [0.25, 0.3) is 11.0 Å². The third-order valence-corrected chi connectivity index (χ3v) is 4.18. The molecule has 0 radical (unpaired) electrons. The summed E-state index contributed by atoms with van der Waals surface area (Å²) in [6, 6.07) is 10.2. The second kappa shape index (κ2) is 3.98. The summed E-state index contributed by atoms with van der Waals surface area (Å²) < 4.78 is 5.69. The largest absolute Gasteiger partial charge is 0.451 e. The minimum atomic E-state index is 0.0352. The number of hydrogen-bond acceptors (Lipinski definition) is 2. The summed E-state index contributed by atoms with van der Waals surface area (Å²) in [6.45, 7) is 0. The predicted molar refractivity (Wildman–Crippen MR) is 73.0 cm³/mol. The van der Waals surface area contributed by atoms with Crippen molar-refractivity contribution in [2.45, 2.75) is 31.3 Å². The van der Waals surface area contributed by atoms with Gasteiger partial charge in [-0.1, -0.05) is 30.4 Å². The summed E-state index contributed by atoms with van der Waals surface area (Å²) in [5.74, 6) is 0.501. The molecule has 2 unspecified atom stereocenters. The fourth-order valence-corrected chi connectivity index (χ4v) is 3.26. The summed E-state index contributed by atoms with van der Waals surface area (Å²) in [7, 11) is 0. The van der Waals surface area contributed by atoms with Crippen LogP contribution in [0.5, 0.6) is 0 Å². The number of amides is 1. The molecule has 0 spiro atoms. The highest BCUT2D eigenvalue weighted by molar-refractivity contribution is 5.96. The summed E-state index contributed by atoms with van der Waals surface area (Å²) in [6.07, 6.45) is 7.51. The summed E-state index contributed by atoms with van der Waals surface area (Å²) in [4.78, 5) is 14.6. The molecule has 96 valence electrons. The number of benzene rings is 1. The van der Waals surface area contributed by atoms with Gasteiger partial charge in [0.25, 0.3) is 5.91 Å². The van der Waals surface area contributed by atoms with Gasteiger partial charge in [-0.05, 0) is 31.4 Å². The monoisotopic (exact) mass is 253 g/mol. The van der Waals surface area contributed by atoms with E-state index < -0.39 is 0 Å². The molecule has 2 aliphatic heterocycles. The van der Waals surface area contributed by atoms with Crippen LogP contribution >= 0.6 is 0 Å². The second-order valence-electron chi connectivity index (χ2n) is 5.32. The van der Waals surface area contributed by atoms with Crippen molar-refractivity contribution in [2.24, 2.45) is 0 Å². The van der Waals surface area contributed by atoms with Crippen LogP contribution in [0.2, 0.25) is 0 Å². The van der Waals surface area contributed by atoms with Crippen LogP contribution in [0.1, 0.15) is 29.8 Å². The number of para-hydroxylation sites is 1. The van der Waals surface area contributed by atoms with Crippen LogP contribution in [-0.2, 0) is 0 Å².